The molecule has 0 aliphatic carbocycles. The van der Waals surface area contributed by atoms with Gasteiger partial charge >= 0.3 is 0 Å². The van der Waals surface area contributed by atoms with Crippen molar-refractivity contribution in [3.05, 3.63) is 64.1 Å². The summed E-state index contributed by atoms with van der Waals surface area (Å²) < 4.78 is 31.2. The van der Waals surface area contributed by atoms with E-state index in [4.69, 9.17) is 4.74 Å². The summed E-state index contributed by atoms with van der Waals surface area (Å²) in [7, 11) is 0. The standard InChI is InChI=1S/C14H11BrF2O/c15-13-11(14(16)17)7-4-8-12(13)18-9-10-5-2-1-3-6-10/h1-8,14H,9H2. The Hall–Kier alpha value is -1.42. The molecule has 0 radical (unpaired) electrons. The molecule has 18 heavy (non-hydrogen) atoms. The molecule has 0 aliphatic heterocycles. The van der Waals surface area contributed by atoms with E-state index in [1.54, 1.807) is 12.1 Å². The lowest BCUT2D eigenvalue weighted by molar-refractivity contribution is 0.149. The Morgan fingerprint density at radius 3 is 2.39 bits per heavy atom. The van der Waals surface area contributed by atoms with Crippen LogP contribution in [0, 0.1) is 0 Å². The first-order chi connectivity index (χ1) is 8.68. The minimum absolute atomic E-state index is 0.0550. The minimum Gasteiger partial charge on any atom is -0.488 e. The normalized spacial score (nSPS) is 10.7. The lowest BCUT2D eigenvalue weighted by Crippen LogP contribution is -1.97. The molecule has 2 rings (SSSR count). The highest BCUT2D eigenvalue weighted by molar-refractivity contribution is 9.10. The summed E-state index contributed by atoms with van der Waals surface area (Å²) in [5, 5.41) is 0. The van der Waals surface area contributed by atoms with E-state index in [1.807, 2.05) is 30.3 Å². The van der Waals surface area contributed by atoms with Gasteiger partial charge in [0.05, 0.1) is 4.47 Å². The highest BCUT2D eigenvalue weighted by atomic mass is 79.9. The molecule has 0 aromatic heterocycles. The van der Waals surface area contributed by atoms with Crippen LogP contribution in [0.25, 0.3) is 0 Å². The van der Waals surface area contributed by atoms with Crippen molar-refractivity contribution in [3.8, 4) is 5.75 Å². The first-order valence-corrected chi connectivity index (χ1v) is 6.21. The SMILES string of the molecule is FC(F)c1cccc(OCc2ccccc2)c1Br. The minimum atomic E-state index is -2.51. The van der Waals surface area contributed by atoms with Gasteiger partial charge in [0.25, 0.3) is 6.43 Å². The van der Waals surface area contributed by atoms with Crippen molar-refractivity contribution < 1.29 is 13.5 Å². The zero-order chi connectivity index (χ0) is 13.0. The maximum Gasteiger partial charge on any atom is 0.265 e. The predicted octanol–water partition coefficient (Wildman–Crippen LogP) is 4.97. The van der Waals surface area contributed by atoms with Crippen molar-refractivity contribution in [1.82, 2.24) is 0 Å². The van der Waals surface area contributed by atoms with Gasteiger partial charge in [0.15, 0.2) is 0 Å². The van der Waals surface area contributed by atoms with Crippen LogP contribution in [0.2, 0.25) is 0 Å². The summed E-state index contributed by atoms with van der Waals surface area (Å²) in [6.07, 6.45) is -2.51. The van der Waals surface area contributed by atoms with E-state index in [0.717, 1.165) is 5.56 Å². The van der Waals surface area contributed by atoms with Crippen molar-refractivity contribution >= 4 is 15.9 Å². The molecule has 0 aliphatic rings. The molecule has 0 heterocycles. The summed E-state index contributed by atoms with van der Waals surface area (Å²) in [6.45, 7) is 0.353. The van der Waals surface area contributed by atoms with Gasteiger partial charge in [0.2, 0.25) is 0 Å². The molecule has 2 aromatic carbocycles. The van der Waals surface area contributed by atoms with Gasteiger partial charge in [-0.05, 0) is 27.6 Å². The quantitative estimate of drug-likeness (QED) is 0.775. The smallest absolute Gasteiger partial charge is 0.265 e. The molecular weight excluding hydrogens is 302 g/mol. The van der Waals surface area contributed by atoms with Crippen LogP contribution in [-0.2, 0) is 6.61 Å². The van der Waals surface area contributed by atoms with Gasteiger partial charge in [-0.2, -0.15) is 0 Å². The fraction of sp³-hybridized carbons (Fsp3) is 0.143. The Kier molecular flexibility index (Phi) is 4.31. The summed E-state index contributed by atoms with van der Waals surface area (Å²) in [5.74, 6) is 0.427. The third-order valence-electron chi connectivity index (χ3n) is 2.47. The highest BCUT2D eigenvalue weighted by Crippen LogP contribution is 2.34. The molecule has 0 fully saturated rings. The van der Waals surface area contributed by atoms with Gasteiger partial charge in [-0.1, -0.05) is 42.5 Å². The molecule has 1 nitrogen and oxygen atoms in total. The molecule has 0 atom stereocenters. The number of halogens is 3. The first kappa shape index (κ1) is 13.0. The van der Waals surface area contributed by atoms with Crippen LogP contribution in [-0.4, -0.2) is 0 Å². The summed E-state index contributed by atoms with van der Waals surface area (Å²) >= 11 is 3.15. The van der Waals surface area contributed by atoms with E-state index in [0.29, 0.717) is 16.8 Å². The largest absolute Gasteiger partial charge is 0.488 e. The van der Waals surface area contributed by atoms with Crippen LogP contribution in [0.4, 0.5) is 8.78 Å². The van der Waals surface area contributed by atoms with Gasteiger partial charge in [-0.15, -0.1) is 0 Å². The fourth-order valence-electron chi connectivity index (χ4n) is 1.54. The van der Waals surface area contributed by atoms with Crippen molar-refractivity contribution in [2.75, 3.05) is 0 Å². The number of hydrogen-bond donors (Lipinski definition) is 0. The zero-order valence-electron chi connectivity index (χ0n) is 9.45. The van der Waals surface area contributed by atoms with E-state index in [1.165, 1.54) is 6.07 Å². The van der Waals surface area contributed by atoms with Crippen molar-refractivity contribution in [1.29, 1.82) is 0 Å². The second-order valence-electron chi connectivity index (χ2n) is 3.73. The first-order valence-electron chi connectivity index (χ1n) is 5.42. The number of ether oxygens (including phenoxy) is 1. The lowest BCUT2D eigenvalue weighted by Gasteiger charge is -2.11. The molecule has 0 N–H and O–H groups in total. The Morgan fingerprint density at radius 2 is 1.72 bits per heavy atom. The van der Waals surface area contributed by atoms with Gasteiger partial charge < -0.3 is 4.74 Å². The number of benzene rings is 2. The van der Waals surface area contributed by atoms with Gasteiger partial charge in [0.1, 0.15) is 12.4 Å². The van der Waals surface area contributed by atoms with E-state index >= 15 is 0 Å². The number of alkyl halides is 2. The fourth-order valence-corrected chi connectivity index (χ4v) is 2.09. The summed E-state index contributed by atoms with van der Waals surface area (Å²) in [5.41, 5.74) is 0.937. The molecule has 0 saturated carbocycles. The number of hydrogen-bond acceptors (Lipinski definition) is 1. The molecule has 2 aromatic rings. The topological polar surface area (TPSA) is 9.23 Å². The molecule has 4 heteroatoms. The van der Waals surface area contributed by atoms with E-state index in [9.17, 15) is 8.78 Å². The average molecular weight is 313 g/mol. The monoisotopic (exact) mass is 312 g/mol. The van der Waals surface area contributed by atoms with Crippen molar-refractivity contribution in [2.45, 2.75) is 13.0 Å². The van der Waals surface area contributed by atoms with Gasteiger partial charge in [-0.3, -0.25) is 0 Å². The van der Waals surface area contributed by atoms with Crippen LogP contribution in [0.1, 0.15) is 17.6 Å². The molecular formula is C14H11BrF2O. The van der Waals surface area contributed by atoms with Crippen LogP contribution >= 0.6 is 15.9 Å². The molecule has 0 bridgehead atoms. The Labute approximate surface area is 113 Å². The van der Waals surface area contributed by atoms with Gasteiger partial charge in [0, 0.05) is 5.56 Å². The van der Waals surface area contributed by atoms with Crippen molar-refractivity contribution in [2.24, 2.45) is 0 Å². The van der Waals surface area contributed by atoms with E-state index in [-0.39, 0.29) is 5.56 Å². The summed E-state index contributed by atoms with van der Waals surface area (Å²) in [6, 6.07) is 14.2. The second-order valence-corrected chi connectivity index (χ2v) is 4.53. The molecule has 0 spiro atoms. The molecule has 0 unspecified atom stereocenters. The van der Waals surface area contributed by atoms with Crippen LogP contribution in [0.3, 0.4) is 0 Å². The third-order valence-corrected chi connectivity index (χ3v) is 3.31. The Morgan fingerprint density at radius 1 is 1.00 bits per heavy atom. The van der Waals surface area contributed by atoms with E-state index in [2.05, 4.69) is 15.9 Å². The maximum absolute atomic E-state index is 12.7. The Bertz CT molecular complexity index is 514. The number of rotatable bonds is 4. The molecule has 0 saturated heterocycles. The van der Waals surface area contributed by atoms with E-state index < -0.39 is 6.43 Å². The average Bonchev–Trinajstić information content (AvgIpc) is 2.38. The third kappa shape index (κ3) is 3.07. The molecule has 0 amide bonds. The maximum atomic E-state index is 12.7. The lowest BCUT2D eigenvalue weighted by atomic mass is 10.2. The predicted molar refractivity (Wildman–Crippen MR) is 69.9 cm³/mol. The molecule has 94 valence electrons. The van der Waals surface area contributed by atoms with Crippen LogP contribution < -0.4 is 4.74 Å². The summed E-state index contributed by atoms with van der Waals surface area (Å²) in [4.78, 5) is 0. The van der Waals surface area contributed by atoms with Crippen molar-refractivity contribution in [3.63, 3.8) is 0 Å². The zero-order valence-corrected chi connectivity index (χ0v) is 11.0. The highest BCUT2D eigenvalue weighted by Gasteiger charge is 2.14. The van der Waals surface area contributed by atoms with Crippen LogP contribution in [0.15, 0.2) is 53.0 Å². The Balaban J connectivity index is 2.13. The van der Waals surface area contributed by atoms with Gasteiger partial charge in [-0.25, -0.2) is 8.78 Å². The van der Waals surface area contributed by atoms with Crippen LogP contribution in [0.5, 0.6) is 5.75 Å². The second kappa shape index (κ2) is 5.96.